The SMILES string of the molecule is COc1ccc(/C=C/C(=O)C(F)(F)Cl)cc1. The first-order chi connectivity index (χ1) is 7.43. The molecule has 0 atom stereocenters. The molecule has 0 aliphatic rings. The molecule has 0 fully saturated rings. The monoisotopic (exact) mass is 246 g/mol. The molecule has 0 N–H and O–H groups in total. The van der Waals surface area contributed by atoms with Crippen molar-refractivity contribution in [2.24, 2.45) is 0 Å². The van der Waals surface area contributed by atoms with Crippen molar-refractivity contribution in [1.82, 2.24) is 0 Å². The van der Waals surface area contributed by atoms with Gasteiger partial charge in [-0.1, -0.05) is 18.2 Å². The topological polar surface area (TPSA) is 26.3 Å². The van der Waals surface area contributed by atoms with Gasteiger partial charge in [-0.05, 0) is 35.4 Å². The van der Waals surface area contributed by atoms with E-state index >= 15 is 0 Å². The fourth-order valence-corrected chi connectivity index (χ4v) is 1.04. The van der Waals surface area contributed by atoms with Gasteiger partial charge in [0.1, 0.15) is 5.75 Å². The van der Waals surface area contributed by atoms with E-state index in [1.165, 1.54) is 13.2 Å². The lowest BCUT2D eigenvalue weighted by atomic mass is 10.2. The summed E-state index contributed by atoms with van der Waals surface area (Å²) in [4.78, 5) is 10.8. The van der Waals surface area contributed by atoms with Gasteiger partial charge in [-0.25, -0.2) is 0 Å². The zero-order chi connectivity index (χ0) is 12.2. The van der Waals surface area contributed by atoms with Gasteiger partial charge in [0.05, 0.1) is 7.11 Å². The lowest BCUT2D eigenvalue weighted by molar-refractivity contribution is -0.128. The lowest BCUT2D eigenvalue weighted by Gasteiger charge is -2.01. The highest BCUT2D eigenvalue weighted by Gasteiger charge is 2.32. The first-order valence-corrected chi connectivity index (χ1v) is 4.74. The average molecular weight is 247 g/mol. The molecule has 1 aromatic rings. The molecule has 0 amide bonds. The molecule has 0 aliphatic heterocycles. The number of carbonyl (C=O) groups is 1. The van der Waals surface area contributed by atoms with E-state index in [1.807, 2.05) is 0 Å². The number of carbonyl (C=O) groups excluding carboxylic acids is 1. The number of alkyl halides is 3. The van der Waals surface area contributed by atoms with Crippen LogP contribution in [0.1, 0.15) is 5.56 Å². The van der Waals surface area contributed by atoms with Gasteiger partial charge in [-0.15, -0.1) is 0 Å². The summed E-state index contributed by atoms with van der Waals surface area (Å²) in [6, 6.07) is 6.58. The average Bonchev–Trinajstić information content (AvgIpc) is 2.25. The third-order valence-electron chi connectivity index (χ3n) is 1.82. The number of halogens is 3. The minimum atomic E-state index is -3.84. The molecule has 1 rings (SSSR count). The van der Waals surface area contributed by atoms with Gasteiger partial charge in [0.25, 0.3) is 0 Å². The number of benzene rings is 1. The van der Waals surface area contributed by atoms with Gasteiger partial charge in [0.15, 0.2) is 0 Å². The zero-order valence-electron chi connectivity index (χ0n) is 8.41. The quantitative estimate of drug-likeness (QED) is 0.603. The van der Waals surface area contributed by atoms with E-state index in [1.54, 1.807) is 24.3 Å². The van der Waals surface area contributed by atoms with Gasteiger partial charge in [0.2, 0.25) is 5.78 Å². The molecule has 0 aromatic heterocycles. The summed E-state index contributed by atoms with van der Waals surface area (Å²) in [5.41, 5.74) is 0.607. The standard InChI is InChI=1S/C11H9ClF2O2/c1-16-9-5-2-8(3-6-9)4-7-10(15)11(12,13)14/h2-7H,1H3/b7-4+. The molecule has 0 radical (unpaired) electrons. The summed E-state index contributed by atoms with van der Waals surface area (Å²) in [6.07, 6.45) is 2.01. The smallest absolute Gasteiger partial charge is 0.384 e. The number of rotatable bonds is 4. The van der Waals surface area contributed by atoms with Crippen molar-refractivity contribution in [2.75, 3.05) is 7.11 Å². The van der Waals surface area contributed by atoms with Crippen molar-refractivity contribution in [1.29, 1.82) is 0 Å². The third-order valence-corrected chi connectivity index (χ3v) is 2.01. The fourth-order valence-electron chi connectivity index (χ4n) is 0.981. The van der Waals surface area contributed by atoms with Crippen LogP contribution < -0.4 is 4.74 Å². The van der Waals surface area contributed by atoms with Crippen LogP contribution in [0.25, 0.3) is 6.08 Å². The summed E-state index contributed by atoms with van der Waals surface area (Å²) in [6.45, 7) is 0. The molecule has 5 heteroatoms. The van der Waals surface area contributed by atoms with E-state index in [0.717, 1.165) is 6.08 Å². The Bertz CT molecular complexity index is 393. The minimum Gasteiger partial charge on any atom is -0.497 e. The molecular formula is C11H9ClF2O2. The Balaban J connectivity index is 2.73. The Labute approximate surface area is 96.5 Å². The first-order valence-electron chi connectivity index (χ1n) is 4.37. The van der Waals surface area contributed by atoms with Crippen LogP contribution in [0, 0.1) is 0 Å². The molecule has 0 heterocycles. The Morgan fingerprint density at radius 3 is 2.38 bits per heavy atom. The van der Waals surface area contributed by atoms with Crippen LogP contribution in [0.2, 0.25) is 0 Å². The Morgan fingerprint density at radius 1 is 1.38 bits per heavy atom. The minimum absolute atomic E-state index is 0.607. The maximum atomic E-state index is 12.3. The number of ether oxygens (including phenoxy) is 1. The summed E-state index contributed by atoms with van der Waals surface area (Å²) >= 11 is 4.54. The normalized spacial score (nSPS) is 11.8. The van der Waals surface area contributed by atoms with E-state index in [2.05, 4.69) is 11.6 Å². The van der Waals surface area contributed by atoms with E-state index < -0.39 is 11.2 Å². The van der Waals surface area contributed by atoms with Gasteiger partial charge >= 0.3 is 5.38 Å². The number of hydrogen-bond donors (Lipinski definition) is 0. The van der Waals surface area contributed by atoms with Gasteiger partial charge < -0.3 is 4.74 Å². The van der Waals surface area contributed by atoms with Crippen LogP contribution in [-0.4, -0.2) is 18.3 Å². The molecule has 0 saturated carbocycles. The van der Waals surface area contributed by atoms with Gasteiger partial charge in [-0.2, -0.15) is 8.78 Å². The van der Waals surface area contributed by atoms with E-state index in [-0.39, 0.29) is 0 Å². The number of allylic oxidation sites excluding steroid dienone is 1. The van der Waals surface area contributed by atoms with Crippen molar-refractivity contribution >= 4 is 23.5 Å². The second kappa shape index (κ2) is 5.07. The van der Waals surface area contributed by atoms with Crippen molar-refractivity contribution in [2.45, 2.75) is 5.38 Å². The second-order valence-corrected chi connectivity index (χ2v) is 3.44. The second-order valence-electron chi connectivity index (χ2n) is 2.97. The third kappa shape index (κ3) is 3.62. The van der Waals surface area contributed by atoms with Crippen LogP contribution in [0.15, 0.2) is 30.3 Å². The molecule has 0 aliphatic carbocycles. The number of hydrogen-bond acceptors (Lipinski definition) is 2. The van der Waals surface area contributed by atoms with Crippen LogP contribution in [0.3, 0.4) is 0 Å². The maximum absolute atomic E-state index is 12.3. The molecule has 16 heavy (non-hydrogen) atoms. The molecule has 86 valence electrons. The zero-order valence-corrected chi connectivity index (χ0v) is 9.17. The molecular weight excluding hydrogens is 238 g/mol. The summed E-state index contributed by atoms with van der Waals surface area (Å²) < 4.78 is 29.5. The molecule has 0 bridgehead atoms. The van der Waals surface area contributed by atoms with Crippen molar-refractivity contribution in [3.8, 4) is 5.75 Å². The number of methoxy groups -OCH3 is 1. The van der Waals surface area contributed by atoms with Crippen molar-refractivity contribution in [3.63, 3.8) is 0 Å². The molecule has 0 spiro atoms. The maximum Gasteiger partial charge on any atom is 0.384 e. The molecule has 1 aromatic carbocycles. The first kappa shape index (κ1) is 12.6. The summed E-state index contributed by atoms with van der Waals surface area (Å²) in [5.74, 6) is -0.795. The van der Waals surface area contributed by atoms with E-state index in [9.17, 15) is 13.6 Å². The van der Waals surface area contributed by atoms with Crippen LogP contribution >= 0.6 is 11.6 Å². The predicted molar refractivity (Wildman–Crippen MR) is 57.8 cm³/mol. The highest BCUT2D eigenvalue weighted by Crippen LogP contribution is 2.21. The van der Waals surface area contributed by atoms with E-state index in [0.29, 0.717) is 11.3 Å². The lowest BCUT2D eigenvalue weighted by Crippen LogP contribution is -2.18. The largest absolute Gasteiger partial charge is 0.497 e. The van der Waals surface area contributed by atoms with Gasteiger partial charge in [-0.3, -0.25) is 4.79 Å². The highest BCUT2D eigenvalue weighted by molar-refractivity contribution is 6.34. The summed E-state index contributed by atoms with van der Waals surface area (Å²) in [5, 5.41) is -3.84. The van der Waals surface area contributed by atoms with Crippen LogP contribution in [-0.2, 0) is 4.79 Å². The predicted octanol–water partition coefficient (Wildman–Crippen LogP) is 3.11. The molecule has 0 saturated heterocycles. The molecule has 2 nitrogen and oxygen atoms in total. The van der Waals surface area contributed by atoms with E-state index in [4.69, 9.17) is 4.74 Å². The fraction of sp³-hybridized carbons (Fsp3) is 0.182. The highest BCUT2D eigenvalue weighted by atomic mass is 35.5. The Hall–Kier alpha value is -1.42. The number of ketones is 1. The molecule has 0 unspecified atom stereocenters. The van der Waals surface area contributed by atoms with Crippen LogP contribution in [0.4, 0.5) is 8.78 Å². The van der Waals surface area contributed by atoms with Gasteiger partial charge in [0, 0.05) is 0 Å². The Kier molecular flexibility index (Phi) is 4.01. The van der Waals surface area contributed by atoms with Crippen molar-refractivity contribution in [3.05, 3.63) is 35.9 Å². The van der Waals surface area contributed by atoms with Crippen LogP contribution in [0.5, 0.6) is 5.75 Å². The Morgan fingerprint density at radius 2 is 1.94 bits per heavy atom. The van der Waals surface area contributed by atoms with Crippen molar-refractivity contribution < 1.29 is 18.3 Å². The summed E-state index contributed by atoms with van der Waals surface area (Å²) in [7, 11) is 1.52.